The highest BCUT2D eigenvalue weighted by atomic mass is 14.3. The Kier molecular flexibility index (Phi) is 9.74. The van der Waals surface area contributed by atoms with Crippen molar-refractivity contribution < 1.29 is 0 Å². The molecule has 2 aromatic rings. The molecule has 3 rings (SSSR count). The third-order valence-corrected chi connectivity index (χ3v) is 6.96. The third kappa shape index (κ3) is 7.46. The van der Waals surface area contributed by atoms with E-state index >= 15 is 0 Å². The molecule has 1 aliphatic carbocycles. The maximum Gasteiger partial charge on any atom is -0.0162 e. The average Bonchev–Trinajstić information content (AvgIpc) is 2.79. The minimum atomic E-state index is 0.801. The first-order valence-corrected chi connectivity index (χ1v) is 12.6. The quantitative estimate of drug-likeness (QED) is 0.329. The summed E-state index contributed by atoms with van der Waals surface area (Å²) in [4.78, 5) is 0. The summed E-state index contributed by atoms with van der Waals surface area (Å²) in [5, 5.41) is 0. The summed E-state index contributed by atoms with van der Waals surface area (Å²) in [6, 6.07) is 18.7. The Morgan fingerprint density at radius 3 is 1.97 bits per heavy atom. The van der Waals surface area contributed by atoms with Crippen LogP contribution in [0.25, 0.3) is 6.08 Å². The molecule has 0 nitrogen and oxygen atoms in total. The fourth-order valence-corrected chi connectivity index (χ4v) is 4.96. The molecule has 2 aromatic carbocycles. The van der Waals surface area contributed by atoms with Gasteiger partial charge in [0.05, 0.1) is 0 Å². The van der Waals surface area contributed by atoms with E-state index in [0.717, 1.165) is 24.7 Å². The lowest BCUT2D eigenvalue weighted by molar-refractivity contribution is 0.308. The van der Waals surface area contributed by atoms with Crippen LogP contribution in [0.2, 0.25) is 0 Å². The fraction of sp³-hybridized carbons (Fsp3) is 0.533. The van der Waals surface area contributed by atoms with Gasteiger partial charge in [-0.15, -0.1) is 0 Å². The monoisotopic (exact) mass is 402 g/mol. The minimum Gasteiger partial charge on any atom is -0.0839 e. The van der Waals surface area contributed by atoms with E-state index in [9.17, 15) is 0 Å². The fourth-order valence-electron chi connectivity index (χ4n) is 4.96. The number of rotatable bonds is 11. The zero-order valence-corrected chi connectivity index (χ0v) is 19.4. The van der Waals surface area contributed by atoms with Gasteiger partial charge >= 0.3 is 0 Å². The number of allylic oxidation sites excluding steroid dienone is 1. The molecule has 1 aliphatic rings. The maximum absolute atomic E-state index is 2.41. The third-order valence-electron chi connectivity index (χ3n) is 6.96. The van der Waals surface area contributed by atoms with E-state index in [4.69, 9.17) is 0 Å². The van der Waals surface area contributed by atoms with Gasteiger partial charge in [0.25, 0.3) is 0 Å². The van der Waals surface area contributed by atoms with Gasteiger partial charge < -0.3 is 0 Å². The first-order valence-electron chi connectivity index (χ1n) is 12.6. The molecule has 0 aromatic heterocycles. The SMILES string of the molecule is CCCCC/C=C/c1ccc(CCc2ccc(C3CCC(CCC)CC3)cc2)cc1. The van der Waals surface area contributed by atoms with Crippen molar-refractivity contribution in [3.05, 3.63) is 76.9 Å². The van der Waals surface area contributed by atoms with E-state index in [1.807, 2.05) is 0 Å². The minimum absolute atomic E-state index is 0.801. The number of aryl methyl sites for hydroxylation is 2. The van der Waals surface area contributed by atoms with Crippen LogP contribution in [0.1, 0.15) is 106 Å². The lowest BCUT2D eigenvalue weighted by Crippen LogP contribution is -2.13. The van der Waals surface area contributed by atoms with Crippen LogP contribution in [-0.4, -0.2) is 0 Å². The van der Waals surface area contributed by atoms with Crippen molar-refractivity contribution in [2.24, 2.45) is 5.92 Å². The Balaban J connectivity index is 1.43. The normalized spacial score (nSPS) is 19.4. The van der Waals surface area contributed by atoms with Gasteiger partial charge in [-0.1, -0.05) is 100 Å². The molecule has 0 unspecified atom stereocenters. The molecular formula is C30H42. The maximum atomic E-state index is 2.41. The molecule has 0 saturated heterocycles. The Labute approximate surface area is 185 Å². The van der Waals surface area contributed by atoms with E-state index in [0.29, 0.717) is 0 Å². The molecule has 30 heavy (non-hydrogen) atoms. The van der Waals surface area contributed by atoms with E-state index in [2.05, 4.69) is 74.5 Å². The second-order valence-electron chi connectivity index (χ2n) is 9.39. The zero-order valence-electron chi connectivity index (χ0n) is 19.4. The number of hydrogen-bond acceptors (Lipinski definition) is 0. The summed E-state index contributed by atoms with van der Waals surface area (Å²) in [6.45, 7) is 4.59. The van der Waals surface area contributed by atoms with Crippen LogP contribution in [0.3, 0.4) is 0 Å². The highest BCUT2D eigenvalue weighted by Crippen LogP contribution is 2.37. The predicted molar refractivity (Wildman–Crippen MR) is 133 cm³/mol. The molecule has 0 heteroatoms. The van der Waals surface area contributed by atoms with Crippen LogP contribution in [-0.2, 0) is 12.8 Å². The van der Waals surface area contributed by atoms with Crippen LogP contribution in [0.4, 0.5) is 0 Å². The van der Waals surface area contributed by atoms with Gasteiger partial charge in [-0.3, -0.25) is 0 Å². The highest BCUT2D eigenvalue weighted by Gasteiger charge is 2.21. The first kappa shape index (κ1) is 22.9. The van der Waals surface area contributed by atoms with E-state index < -0.39 is 0 Å². The molecule has 0 radical (unpaired) electrons. The Morgan fingerprint density at radius 1 is 0.733 bits per heavy atom. The first-order chi connectivity index (χ1) is 14.8. The molecule has 0 N–H and O–H groups in total. The smallest absolute Gasteiger partial charge is 0.0162 e. The average molecular weight is 403 g/mol. The van der Waals surface area contributed by atoms with Crippen LogP contribution in [0.15, 0.2) is 54.6 Å². The van der Waals surface area contributed by atoms with Crippen molar-refractivity contribution in [2.75, 3.05) is 0 Å². The van der Waals surface area contributed by atoms with Crippen molar-refractivity contribution in [3.63, 3.8) is 0 Å². The molecule has 0 bridgehead atoms. The van der Waals surface area contributed by atoms with Crippen molar-refractivity contribution >= 4 is 6.08 Å². The summed E-state index contributed by atoms with van der Waals surface area (Å²) < 4.78 is 0. The van der Waals surface area contributed by atoms with Crippen molar-refractivity contribution in [2.45, 2.75) is 96.8 Å². The number of unbranched alkanes of at least 4 members (excludes halogenated alkanes) is 3. The van der Waals surface area contributed by atoms with Gasteiger partial charge in [-0.05, 0) is 85.5 Å². The van der Waals surface area contributed by atoms with Gasteiger partial charge in [0, 0.05) is 0 Å². The van der Waals surface area contributed by atoms with Crippen molar-refractivity contribution in [1.29, 1.82) is 0 Å². The number of benzene rings is 2. The molecular weight excluding hydrogens is 360 g/mol. The molecule has 1 fully saturated rings. The van der Waals surface area contributed by atoms with Gasteiger partial charge in [0.15, 0.2) is 0 Å². The van der Waals surface area contributed by atoms with Gasteiger partial charge in [-0.25, -0.2) is 0 Å². The molecule has 162 valence electrons. The standard InChI is InChI=1S/C30H42/c1-3-5-6-7-8-10-26-11-13-27(14-12-26)15-16-28-19-23-30(24-20-28)29-21-17-25(9-4-2)18-22-29/h8,10-14,19-20,23-25,29H,3-7,9,15-18,21-22H2,1-2H3/b10-8+. The summed E-state index contributed by atoms with van der Waals surface area (Å²) in [5.41, 5.74) is 5.81. The topological polar surface area (TPSA) is 0 Å². The highest BCUT2D eigenvalue weighted by molar-refractivity contribution is 5.49. The summed E-state index contributed by atoms with van der Waals surface area (Å²) in [7, 11) is 0. The van der Waals surface area contributed by atoms with Crippen molar-refractivity contribution in [1.82, 2.24) is 0 Å². The molecule has 0 heterocycles. The van der Waals surface area contributed by atoms with Crippen molar-refractivity contribution in [3.8, 4) is 0 Å². The molecule has 0 aliphatic heterocycles. The second-order valence-corrected chi connectivity index (χ2v) is 9.39. The lowest BCUT2D eigenvalue weighted by Gasteiger charge is -2.28. The largest absolute Gasteiger partial charge is 0.0839 e. The molecule has 1 saturated carbocycles. The van der Waals surface area contributed by atoms with E-state index in [1.165, 1.54) is 80.9 Å². The van der Waals surface area contributed by atoms with Crippen LogP contribution in [0.5, 0.6) is 0 Å². The van der Waals surface area contributed by atoms with Crippen LogP contribution >= 0.6 is 0 Å². The van der Waals surface area contributed by atoms with E-state index in [1.54, 1.807) is 5.56 Å². The van der Waals surface area contributed by atoms with Crippen LogP contribution in [0, 0.1) is 5.92 Å². The molecule has 0 atom stereocenters. The summed E-state index contributed by atoms with van der Waals surface area (Å²) in [6.07, 6.45) is 20.4. The van der Waals surface area contributed by atoms with E-state index in [-0.39, 0.29) is 0 Å². The lowest BCUT2D eigenvalue weighted by atomic mass is 9.77. The van der Waals surface area contributed by atoms with Gasteiger partial charge in [0.1, 0.15) is 0 Å². The Morgan fingerprint density at radius 2 is 1.37 bits per heavy atom. The Hall–Kier alpha value is -1.82. The van der Waals surface area contributed by atoms with Crippen LogP contribution < -0.4 is 0 Å². The van der Waals surface area contributed by atoms with Gasteiger partial charge in [0.2, 0.25) is 0 Å². The summed E-state index contributed by atoms with van der Waals surface area (Å²) >= 11 is 0. The second kappa shape index (κ2) is 12.8. The molecule has 0 amide bonds. The zero-order chi connectivity index (χ0) is 21.0. The Bertz CT molecular complexity index is 727. The van der Waals surface area contributed by atoms with Gasteiger partial charge in [-0.2, -0.15) is 0 Å². The predicted octanol–water partition coefficient (Wildman–Crippen LogP) is 9.14. The molecule has 0 spiro atoms. The number of hydrogen-bond donors (Lipinski definition) is 0. The summed E-state index contributed by atoms with van der Waals surface area (Å²) in [5.74, 6) is 1.79.